The zero-order valence-corrected chi connectivity index (χ0v) is 17.2. The van der Waals surface area contributed by atoms with Crippen molar-refractivity contribution in [3.8, 4) is 5.69 Å². The standard InChI is InChI=1S/C23H20N4O2S/c1-16-9-11-18(12-10-16)27-22(29)19-7-2-3-8-20(19)26-23(27)30-15-21(28)25-14-17-6-4-5-13-24-17/h2-13H,14-15H2,1H3,(H,25,28). The maximum absolute atomic E-state index is 13.2. The van der Waals surface area contributed by atoms with Crippen LogP contribution in [-0.2, 0) is 11.3 Å². The molecule has 0 unspecified atom stereocenters. The van der Waals surface area contributed by atoms with Crippen LogP contribution < -0.4 is 10.9 Å². The number of pyridine rings is 1. The minimum Gasteiger partial charge on any atom is -0.350 e. The highest BCUT2D eigenvalue weighted by molar-refractivity contribution is 7.99. The van der Waals surface area contributed by atoms with Crippen molar-refractivity contribution in [1.82, 2.24) is 19.9 Å². The van der Waals surface area contributed by atoms with Gasteiger partial charge in [0.2, 0.25) is 5.91 Å². The molecule has 0 atom stereocenters. The molecule has 150 valence electrons. The van der Waals surface area contributed by atoms with Gasteiger partial charge in [-0.15, -0.1) is 0 Å². The topological polar surface area (TPSA) is 76.9 Å². The molecule has 6 nitrogen and oxygen atoms in total. The maximum atomic E-state index is 13.2. The number of carbonyl (C=O) groups excluding carboxylic acids is 1. The second-order valence-electron chi connectivity index (χ2n) is 6.77. The Kier molecular flexibility index (Phi) is 5.90. The number of nitrogens with one attached hydrogen (secondary N) is 1. The highest BCUT2D eigenvalue weighted by Crippen LogP contribution is 2.21. The number of amides is 1. The molecule has 4 aromatic rings. The lowest BCUT2D eigenvalue weighted by atomic mass is 10.2. The average Bonchev–Trinajstić information content (AvgIpc) is 2.78. The molecular weight excluding hydrogens is 396 g/mol. The Hall–Kier alpha value is -3.45. The van der Waals surface area contributed by atoms with E-state index >= 15 is 0 Å². The van der Waals surface area contributed by atoms with E-state index in [2.05, 4.69) is 15.3 Å². The van der Waals surface area contributed by atoms with Crippen LogP contribution in [0.15, 0.2) is 82.9 Å². The fourth-order valence-corrected chi connectivity index (χ4v) is 3.85. The van der Waals surface area contributed by atoms with E-state index in [0.29, 0.717) is 22.6 Å². The van der Waals surface area contributed by atoms with Crippen LogP contribution in [0.2, 0.25) is 0 Å². The van der Waals surface area contributed by atoms with E-state index < -0.39 is 0 Å². The molecule has 30 heavy (non-hydrogen) atoms. The number of aryl methyl sites for hydroxylation is 1. The first-order chi connectivity index (χ1) is 14.6. The first-order valence-electron chi connectivity index (χ1n) is 9.50. The normalized spacial score (nSPS) is 10.8. The molecule has 0 saturated carbocycles. The molecule has 2 aromatic heterocycles. The summed E-state index contributed by atoms with van der Waals surface area (Å²) in [5.74, 6) is -0.00719. The zero-order valence-electron chi connectivity index (χ0n) is 16.4. The number of hydrogen-bond acceptors (Lipinski definition) is 5. The molecule has 1 amide bonds. The van der Waals surface area contributed by atoms with E-state index in [1.54, 1.807) is 22.9 Å². The Morgan fingerprint density at radius 3 is 2.57 bits per heavy atom. The van der Waals surface area contributed by atoms with Gasteiger partial charge in [-0.3, -0.25) is 19.1 Å². The monoisotopic (exact) mass is 416 g/mol. The summed E-state index contributed by atoms with van der Waals surface area (Å²) in [4.78, 5) is 34.4. The summed E-state index contributed by atoms with van der Waals surface area (Å²) in [5.41, 5.74) is 3.07. The minimum absolute atomic E-state index is 0.142. The third kappa shape index (κ3) is 4.41. The van der Waals surface area contributed by atoms with Crippen molar-refractivity contribution >= 4 is 28.6 Å². The van der Waals surface area contributed by atoms with Crippen molar-refractivity contribution in [3.63, 3.8) is 0 Å². The molecule has 1 N–H and O–H groups in total. The van der Waals surface area contributed by atoms with E-state index in [4.69, 9.17) is 0 Å². The van der Waals surface area contributed by atoms with Gasteiger partial charge in [0.1, 0.15) is 0 Å². The molecule has 0 aliphatic carbocycles. The third-order valence-electron chi connectivity index (χ3n) is 4.56. The largest absolute Gasteiger partial charge is 0.350 e. The molecule has 2 heterocycles. The maximum Gasteiger partial charge on any atom is 0.266 e. The summed E-state index contributed by atoms with van der Waals surface area (Å²) < 4.78 is 1.57. The molecule has 0 spiro atoms. The van der Waals surface area contributed by atoms with Crippen LogP contribution in [0.4, 0.5) is 0 Å². The number of para-hydroxylation sites is 1. The van der Waals surface area contributed by atoms with E-state index in [0.717, 1.165) is 16.9 Å². The number of nitrogens with zero attached hydrogens (tertiary/aromatic N) is 3. The molecule has 7 heteroatoms. The van der Waals surface area contributed by atoms with Crippen LogP contribution >= 0.6 is 11.8 Å². The van der Waals surface area contributed by atoms with Gasteiger partial charge in [-0.05, 0) is 43.3 Å². The summed E-state index contributed by atoms with van der Waals surface area (Å²) in [7, 11) is 0. The molecule has 0 radical (unpaired) electrons. The van der Waals surface area contributed by atoms with Crippen molar-refractivity contribution in [2.24, 2.45) is 0 Å². The highest BCUT2D eigenvalue weighted by atomic mass is 32.2. The van der Waals surface area contributed by atoms with Crippen molar-refractivity contribution in [2.75, 3.05) is 5.75 Å². The van der Waals surface area contributed by atoms with Gasteiger partial charge in [0.15, 0.2) is 5.16 Å². The van der Waals surface area contributed by atoms with Crippen LogP contribution in [0.5, 0.6) is 0 Å². The lowest BCUT2D eigenvalue weighted by Gasteiger charge is -2.13. The SMILES string of the molecule is Cc1ccc(-n2c(SCC(=O)NCc3ccccn3)nc3ccccc3c2=O)cc1. The number of aromatic nitrogens is 3. The zero-order chi connectivity index (χ0) is 20.9. The van der Waals surface area contributed by atoms with Gasteiger partial charge in [-0.2, -0.15) is 0 Å². The fraction of sp³-hybridized carbons (Fsp3) is 0.130. The van der Waals surface area contributed by atoms with Crippen LogP contribution in [-0.4, -0.2) is 26.2 Å². The molecule has 0 aliphatic heterocycles. The highest BCUT2D eigenvalue weighted by Gasteiger charge is 2.14. The number of rotatable bonds is 6. The fourth-order valence-electron chi connectivity index (χ4n) is 3.00. The van der Waals surface area contributed by atoms with Gasteiger partial charge in [-0.25, -0.2) is 4.98 Å². The number of fused-ring (bicyclic) bond motifs is 1. The van der Waals surface area contributed by atoms with Gasteiger partial charge in [0.05, 0.1) is 34.6 Å². The molecule has 0 aliphatic rings. The number of thioether (sulfide) groups is 1. The summed E-state index contributed by atoms with van der Waals surface area (Å²) in [5, 5.41) is 3.88. The molecule has 4 rings (SSSR count). The number of benzene rings is 2. The minimum atomic E-state index is -0.152. The summed E-state index contributed by atoms with van der Waals surface area (Å²) >= 11 is 1.24. The Balaban J connectivity index is 1.60. The second kappa shape index (κ2) is 8.92. The van der Waals surface area contributed by atoms with E-state index in [1.807, 2.05) is 61.5 Å². The van der Waals surface area contributed by atoms with Crippen LogP contribution in [0.25, 0.3) is 16.6 Å². The van der Waals surface area contributed by atoms with Crippen molar-refractivity contribution in [2.45, 2.75) is 18.6 Å². The Bertz CT molecular complexity index is 1240. The average molecular weight is 417 g/mol. The van der Waals surface area contributed by atoms with Gasteiger partial charge in [0.25, 0.3) is 5.56 Å². The molecule has 2 aromatic carbocycles. The Labute approximate surface area is 178 Å². The van der Waals surface area contributed by atoms with Crippen molar-refractivity contribution < 1.29 is 4.79 Å². The first kappa shape index (κ1) is 19.8. The predicted molar refractivity (Wildman–Crippen MR) is 119 cm³/mol. The van der Waals surface area contributed by atoms with Crippen LogP contribution in [0.3, 0.4) is 0 Å². The van der Waals surface area contributed by atoms with E-state index in [9.17, 15) is 9.59 Å². The number of carbonyl (C=O) groups is 1. The predicted octanol–water partition coefficient (Wildman–Crippen LogP) is 3.50. The first-order valence-corrected chi connectivity index (χ1v) is 10.5. The molecular formula is C23H20N4O2S. The summed E-state index contributed by atoms with van der Waals surface area (Å²) in [6.07, 6.45) is 1.69. The summed E-state index contributed by atoms with van der Waals surface area (Å²) in [6, 6.07) is 20.5. The quantitative estimate of drug-likeness (QED) is 0.385. The van der Waals surface area contributed by atoms with Gasteiger partial charge >= 0.3 is 0 Å². The van der Waals surface area contributed by atoms with Gasteiger partial charge in [0, 0.05) is 6.20 Å². The van der Waals surface area contributed by atoms with E-state index in [-0.39, 0.29) is 17.2 Å². The summed E-state index contributed by atoms with van der Waals surface area (Å²) in [6.45, 7) is 2.35. The second-order valence-corrected chi connectivity index (χ2v) is 7.72. The van der Waals surface area contributed by atoms with Crippen molar-refractivity contribution in [1.29, 1.82) is 0 Å². The lowest BCUT2D eigenvalue weighted by molar-refractivity contribution is -0.118. The molecule has 0 fully saturated rings. The Morgan fingerprint density at radius 2 is 1.80 bits per heavy atom. The van der Waals surface area contributed by atoms with Gasteiger partial charge < -0.3 is 5.32 Å². The molecule has 0 bridgehead atoms. The van der Waals surface area contributed by atoms with Gasteiger partial charge in [-0.1, -0.05) is 47.7 Å². The van der Waals surface area contributed by atoms with Crippen molar-refractivity contribution in [3.05, 3.63) is 94.5 Å². The van der Waals surface area contributed by atoms with E-state index in [1.165, 1.54) is 11.8 Å². The smallest absolute Gasteiger partial charge is 0.266 e. The number of hydrogen-bond donors (Lipinski definition) is 1. The van der Waals surface area contributed by atoms with Crippen LogP contribution in [0, 0.1) is 6.92 Å². The molecule has 0 saturated heterocycles. The van der Waals surface area contributed by atoms with Crippen LogP contribution in [0.1, 0.15) is 11.3 Å². The third-order valence-corrected chi connectivity index (χ3v) is 5.50. The Morgan fingerprint density at radius 1 is 1.03 bits per heavy atom. The lowest BCUT2D eigenvalue weighted by Crippen LogP contribution is -2.26.